The van der Waals surface area contributed by atoms with Gasteiger partial charge in [0.25, 0.3) is 5.91 Å². The van der Waals surface area contributed by atoms with Gasteiger partial charge in [0.1, 0.15) is 6.04 Å². The van der Waals surface area contributed by atoms with E-state index in [1.807, 2.05) is 6.92 Å². The monoisotopic (exact) mass is 303 g/mol. The van der Waals surface area contributed by atoms with Crippen LogP contribution in [0.25, 0.3) is 0 Å². The van der Waals surface area contributed by atoms with Gasteiger partial charge in [0.05, 0.1) is 0 Å². The van der Waals surface area contributed by atoms with Crippen molar-refractivity contribution in [2.75, 3.05) is 0 Å². The highest BCUT2D eigenvalue weighted by molar-refractivity contribution is 9.10. The number of carboxylic acid groups (broad SMARTS) is 1. The molecule has 0 radical (unpaired) electrons. The molecular formula is C11H14BrNO4. The van der Waals surface area contributed by atoms with Crippen LogP contribution in [0.4, 0.5) is 0 Å². The van der Waals surface area contributed by atoms with Crippen LogP contribution in [0.5, 0.6) is 0 Å². The molecule has 0 fully saturated rings. The molecule has 0 spiro atoms. The van der Waals surface area contributed by atoms with Gasteiger partial charge in [-0.25, -0.2) is 4.79 Å². The maximum absolute atomic E-state index is 11.6. The highest BCUT2D eigenvalue weighted by atomic mass is 79.9. The SMILES string of the molecule is CCCC[C@H](NC(=O)c1ccc(Br)o1)C(=O)O. The van der Waals surface area contributed by atoms with Gasteiger partial charge in [0, 0.05) is 0 Å². The Morgan fingerprint density at radius 2 is 2.24 bits per heavy atom. The molecular weight excluding hydrogens is 290 g/mol. The summed E-state index contributed by atoms with van der Waals surface area (Å²) < 4.78 is 5.48. The van der Waals surface area contributed by atoms with E-state index in [2.05, 4.69) is 21.2 Å². The molecule has 1 atom stereocenters. The van der Waals surface area contributed by atoms with Crippen LogP contribution < -0.4 is 5.32 Å². The first-order valence-corrected chi connectivity index (χ1v) is 6.13. The molecule has 0 aliphatic rings. The maximum Gasteiger partial charge on any atom is 0.326 e. The summed E-state index contributed by atoms with van der Waals surface area (Å²) in [4.78, 5) is 22.6. The predicted molar refractivity (Wildman–Crippen MR) is 64.8 cm³/mol. The number of amides is 1. The fraction of sp³-hybridized carbons (Fsp3) is 0.455. The number of rotatable bonds is 6. The smallest absolute Gasteiger partial charge is 0.326 e. The van der Waals surface area contributed by atoms with Crippen LogP contribution in [0, 0.1) is 0 Å². The summed E-state index contributed by atoms with van der Waals surface area (Å²) in [5.74, 6) is -1.45. The Balaban J connectivity index is 2.60. The van der Waals surface area contributed by atoms with E-state index >= 15 is 0 Å². The molecule has 6 heteroatoms. The molecule has 1 heterocycles. The van der Waals surface area contributed by atoms with Crippen molar-refractivity contribution in [1.29, 1.82) is 0 Å². The van der Waals surface area contributed by atoms with E-state index in [4.69, 9.17) is 9.52 Å². The fourth-order valence-corrected chi connectivity index (χ4v) is 1.64. The first-order valence-electron chi connectivity index (χ1n) is 5.33. The molecule has 17 heavy (non-hydrogen) atoms. The third-order valence-corrected chi connectivity index (χ3v) is 2.67. The molecule has 0 aliphatic heterocycles. The molecule has 0 aromatic carbocycles. The summed E-state index contributed by atoms with van der Waals surface area (Å²) in [7, 11) is 0. The van der Waals surface area contributed by atoms with Gasteiger partial charge in [0.2, 0.25) is 0 Å². The van der Waals surface area contributed by atoms with Crippen LogP contribution in [0.2, 0.25) is 0 Å². The van der Waals surface area contributed by atoms with Crippen molar-refractivity contribution in [2.24, 2.45) is 0 Å². The molecule has 1 aromatic heterocycles. The molecule has 1 amide bonds. The Kier molecular flexibility index (Phi) is 5.21. The van der Waals surface area contributed by atoms with Crippen molar-refractivity contribution in [2.45, 2.75) is 32.2 Å². The Bertz CT molecular complexity index is 402. The van der Waals surface area contributed by atoms with E-state index in [-0.39, 0.29) is 5.76 Å². The number of carboxylic acids is 1. The largest absolute Gasteiger partial charge is 0.480 e. The van der Waals surface area contributed by atoms with Crippen LogP contribution in [0.3, 0.4) is 0 Å². The molecule has 0 bridgehead atoms. The van der Waals surface area contributed by atoms with Gasteiger partial charge in [-0.05, 0) is 34.5 Å². The van der Waals surface area contributed by atoms with Gasteiger partial charge in [-0.15, -0.1) is 0 Å². The standard InChI is InChI=1S/C11H14BrNO4/c1-2-3-4-7(11(15)16)13-10(14)8-5-6-9(12)17-8/h5-7H,2-4H2,1H3,(H,13,14)(H,15,16)/t7-/m0/s1. The summed E-state index contributed by atoms with van der Waals surface area (Å²) >= 11 is 3.07. The second-order valence-corrected chi connectivity index (χ2v) is 4.39. The number of carbonyl (C=O) groups is 2. The van der Waals surface area contributed by atoms with E-state index in [9.17, 15) is 9.59 Å². The number of hydrogen-bond acceptors (Lipinski definition) is 3. The topological polar surface area (TPSA) is 79.5 Å². The Hall–Kier alpha value is -1.30. The number of unbranched alkanes of at least 4 members (excludes halogenated alkanes) is 1. The molecule has 0 unspecified atom stereocenters. The second-order valence-electron chi connectivity index (χ2n) is 3.61. The number of hydrogen-bond donors (Lipinski definition) is 2. The van der Waals surface area contributed by atoms with Crippen molar-refractivity contribution >= 4 is 27.8 Å². The predicted octanol–water partition coefficient (Wildman–Crippen LogP) is 2.42. The zero-order valence-corrected chi connectivity index (χ0v) is 11.0. The van der Waals surface area contributed by atoms with Gasteiger partial charge in [0.15, 0.2) is 10.4 Å². The normalized spacial score (nSPS) is 12.1. The third-order valence-electron chi connectivity index (χ3n) is 2.25. The summed E-state index contributed by atoms with van der Waals surface area (Å²) in [5.41, 5.74) is 0. The number of carbonyl (C=O) groups excluding carboxylic acids is 1. The Morgan fingerprint density at radius 1 is 1.53 bits per heavy atom. The lowest BCUT2D eigenvalue weighted by atomic mass is 10.1. The molecule has 0 saturated heterocycles. The van der Waals surface area contributed by atoms with Crippen LogP contribution in [0.15, 0.2) is 21.2 Å². The van der Waals surface area contributed by atoms with Gasteiger partial charge in [-0.1, -0.05) is 19.8 Å². The van der Waals surface area contributed by atoms with Gasteiger partial charge in [-0.3, -0.25) is 4.79 Å². The zero-order valence-electron chi connectivity index (χ0n) is 9.40. The van der Waals surface area contributed by atoms with Gasteiger partial charge < -0.3 is 14.8 Å². The molecule has 5 nitrogen and oxygen atoms in total. The van der Waals surface area contributed by atoms with E-state index < -0.39 is 17.9 Å². The lowest BCUT2D eigenvalue weighted by Gasteiger charge is -2.12. The second kappa shape index (κ2) is 6.44. The van der Waals surface area contributed by atoms with Crippen molar-refractivity contribution in [3.05, 3.63) is 22.6 Å². The lowest BCUT2D eigenvalue weighted by Crippen LogP contribution is -2.40. The number of aliphatic carboxylic acids is 1. The van der Waals surface area contributed by atoms with Gasteiger partial charge >= 0.3 is 5.97 Å². The van der Waals surface area contributed by atoms with E-state index in [1.54, 1.807) is 6.07 Å². The van der Waals surface area contributed by atoms with Gasteiger partial charge in [-0.2, -0.15) is 0 Å². The minimum absolute atomic E-state index is 0.0969. The summed E-state index contributed by atoms with van der Waals surface area (Å²) in [5, 5.41) is 11.4. The summed E-state index contributed by atoms with van der Waals surface area (Å²) in [6.45, 7) is 1.96. The van der Waals surface area contributed by atoms with E-state index in [0.29, 0.717) is 11.1 Å². The van der Waals surface area contributed by atoms with Crippen molar-refractivity contribution < 1.29 is 19.1 Å². The Labute approximate surface area is 107 Å². The van der Waals surface area contributed by atoms with Crippen LogP contribution in [-0.4, -0.2) is 23.0 Å². The van der Waals surface area contributed by atoms with Crippen molar-refractivity contribution in [3.63, 3.8) is 0 Å². The van der Waals surface area contributed by atoms with Crippen LogP contribution in [0.1, 0.15) is 36.7 Å². The maximum atomic E-state index is 11.6. The molecule has 1 rings (SSSR count). The number of nitrogens with one attached hydrogen (secondary N) is 1. The lowest BCUT2D eigenvalue weighted by molar-refractivity contribution is -0.139. The third kappa shape index (κ3) is 4.22. The highest BCUT2D eigenvalue weighted by Crippen LogP contribution is 2.14. The summed E-state index contributed by atoms with van der Waals surface area (Å²) in [6, 6.07) is 2.20. The number of halogens is 1. The molecule has 2 N–H and O–H groups in total. The van der Waals surface area contributed by atoms with Crippen molar-refractivity contribution in [1.82, 2.24) is 5.32 Å². The Morgan fingerprint density at radius 3 is 2.71 bits per heavy atom. The highest BCUT2D eigenvalue weighted by Gasteiger charge is 2.21. The minimum atomic E-state index is -1.03. The average Bonchev–Trinajstić information content (AvgIpc) is 2.70. The quantitative estimate of drug-likeness (QED) is 0.846. The first-order chi connectivity index (χ1) is 8.04. The molecule has 94 valence electrons. The fourth-order valence-electron chi connectivity index (χ4n) is 1.33. The first kappa shape index (κ1) is 13.8. The van der Waals surface area contributed by atoms with E-state index in [0.717, 1.165) is 12.8 Å². The van der Waals surface area contributed by atoms with Crippen LogP contribution >= 0.6 is 15.9 Å². The molecule has 0 saturated carbocycles. The average molecular weight is 304 g/mol. The van der Waals surface area contributed by atoms with Crippen LogP contribution in [-0.2, 0) is 4.79 Å². The number of furan rings is 1. The zero-order chi connectivity index (χ0) is 12.8. The molecule has 0 aliphatic carbocycles. The summed E-state index contributed by atoms with van der Waals surface area (Å²) in [6.07, 6.45) is 2.05. The van der Waals surface area contributed by atoms with E-state index in [1.165, 1.54) is 6.07 Å². The van der Waals surface area contributed by atoms with Crippen molar-refractivity contribution in [3.8, 4) is 0 Å². The molecule has 1 aromatic rings. The minimum Gasteiger partial charge on any atom is -0.480 e.